The third-order valence-electron chi connectivity index (χ3n) is 3.27. The maximum atomic E-state index is 12.4. The van der Waals surface area contributed by atoms with Crippen LogP contribution in [-0.2, 0) is 13.1 Å². The van der Waals surface area contributed by atoms with Gasteiger partial charge in [0.1, 0.15) is 0 Å². The Morgan fingerprint density at radius 2 is 1.76 bits per heavy atom. The first-order valence-corrected chi connectivity index (χ1v) is 7.14. The van der Waals surface area contributed by atoms with Crippen LogP contribution in [0.1, 0.15) is 25.0 Å². The van der Waals surface area contributed by atoms with E-state index in [0.29, 0.717) is 13.1 Å². The quantitative estimate of drug-likeness (QED) is 0.916. The number of amides is 2. The van der Waals surface area contributed by atoms with Crippen LogP contribution in [0.15, 0.2) is 54.9 Å². The number of hydrogen-bond donors (Lipinski definition) is 1. The van der Waals surface area contributed by atoms with Crippen molar-refractivity contribution in [2.45, 2.75) is 33.0 Å². The Balaban J connectivity index is 1.96. The molecule has 1 aromatic carbocycles. The topological polar surface area (TPSA) is 45.2 Å². The van der Waals surface area contributed by atoms with Gasteiger partial charge in [0, 0.05) is 31.5 Å². The van der Waals surface area contributed by atoms with Gasteiger partial charge in [0.25, 0.3) is 0 Å². The Hall–Kier alpha value is -2.36. The van der Waals surface area contributed by atoms with E-state index in [0.717, 1.165) is 11.1 Å². The Labute approximate surface area is 125 Å². The van der Waals surface area contributed by atoms with Gasteiger partial charge in [-0.25, -0.2) is 4.79 Å². The predicted molar refractivity (Wildman–Crippen MR) is 83.6 cm³/mol. The van der Waals surface area contributed by atoms with E-state index in [4.69, 9.17) is 0 Å². The second-order valence-corrected chi connectivity index (χ2v) is 5.22. The van der Waals surface area contributed by atoms with Crippen molar-refractivity contribution in [2.24, 2.45) is 0 Å². The van der Waals surface area contributed by atoms with Gasteiger partial charge in [-0.1, -0.05) is 30.3 Å². The summed E-state index contributed by atoms with van der Waals surface area (Å²) in [6, 6.07) is 13.9. The molecule has 0 saturated carbocycles. The second-order valence-electron chi connectivity index (χ2n) is 5.22. The molecule has 0 atom stereocenters. The van der Waals surface area contributed by atoms with Gasteiger partial charge >= 0.3 is 6.03 Å². The number of benzene rings is 1. The van der Waals surface area contributed by atoms with Crippen molar-refractivity contribution < 1.29 is 4.79 Å². The summed E-state index contributed by atoms with van der Waals surface area (Å²) in [5.41, 5.74) is 2.17. The van der Waals surface area contributed by atoms with Crippen molar-refractivity contribution in [1.82, 2.24) is 15.2 Å². The molecule has 0 saturated heterocycles. The van der Waals surface area contributed by atoms with Gasteiger partial charge in [0.05, 0.1) is 0 Å². The van der Waals surface area contributed by atoms with Crippen molar-refractivity contribution in [3.05, 3.63) is 66.0 Å². The van der Waals surface area contributed by atoms with Crippen LogP contribution in [0.4, 0.5) is 4.79 Å². The van der Waals surface area contributed by atoms with Crippen molar-refractivity contribution in [1.29, 1.82) is 0 Å². The molecule has 2 aromatic rings. The maximum Gasteiger partial charge on any atom is 0.318 e. The van der Waals surface area contributed by atoms with Crippen LogP contribution in [-0.4, -0.2) is 22.0 Å². The molecule has 2 rings (SSSR count). The van der Waals surface area contributed by atoms with Gasteiger partial charge in [0.2, 0.25) is 0 Å². The fraction of sp³-hybridized carbons (Fsp3) is 0.294. The molecule has 2 amide bonds. The molecule has 0 fully saturated rings. The Kier molecular flexibility index (Phi) is 5.32. The van der Waals surface area contributed by atoms with Crippen LogP contribution in [0.25, 0.3) is 0 Å². The lowest BCUT2D eigenvalue weighted by atomic mass is 10.2. The van der Waals surface area contributed by atoms with E-state index in [-0.39, 0.29) is 12.1 Å². The number of carbonyl (C=O) groups excluding carboxylic acids is 1. The molecule has 110 valence electrons. The van der Waals surface area contributed by atoms with E-state index in [1.54, 1.807) is 12.4 Å². The van der Waals surface area contributed by atoms with Crippen LogP contribution >= 0.6 is 0 Å². The molecule has 0 unspecified atom stereocenters. The van der Waals surface area contributed by atoms with Crippen molar-refractivity contribution >= 4 is 6.03 Å². The van der Waals surface area contributed by atoms with Gasteiger partial charge in [-0.15, -0.1) is 0 Å². The van der Waals surface area contributed by atoms with E-state index >= 15 is 0 Å². The molecule has 0 radical (unpaired) electrons. The first kappa shape index (κ1) is 15.0. The fourth-order valence-electron chi connectivity index (χ4n) is 2.05. The summed E-state index contributed by atoms with van der Waals surface area (Å²) in [4.78, 5) is 18.2. The third-order valence-corrected chi connectivity index (χ3v) is 3.27. The van der Waals surface area contributed by atoms with Crippen LogP contribution < -0.4 is 5.32 Å². The molecular weight excluding hydrogens is 262 g/mol. The first-order valence-electron chi connectivity index (χ1n) is 7.14. The van der Waals surface area contributed by atoms with Crippen molar-refractivity contribution in [2.75, 3.05) is 0 Å². The minimum Gasteiger partial charge on any atom is -0.334 e. The Morgan fingerprint density at radius 1 is 1.10 bits per heavy atom. The standard InChI is InChI=1S/C17H21N3O/c1-14(2)20(13-16-6-4-3-5-7-16)17(21)19-12-15-8-10-18-11-9-15/h3-11,14H,12-13H2,1-2H3,(H,19,21). The molecule has 1 heterocycles. The highest BCUT2D eigenvalue weighted by Gasteiger charge is 2.16. The summed E-state index contributed by atoms with van der Waals surface area (Å²) in [6.45, 7) is 5.17. The largest absolute Gasteiger partial charge is 0.334 e. The molecule has 1 N–H and O–H groups in total. The van der Waals surface area contributed by atoms with E-state index in [9.17, 15) is 4.79 Å². The molecule has 4 nitrogen and oxygen atoms in total. The number of nitrogens with zero attached hydrogens (tertiary/aromatic N) is 2. The minimum absolute atomic E-state index is 0.0503. The van der Waals surface area contributed by atoms with Crippen molar-refractivity contribution in [3.8, 4) is 0 Å². The zero-order valence-electron chi connectivity index (χ0n) is 12.5. The average molecular weight is 283 g/mol. The molecule has 0 aliphatic heterocycles. The van der Waals surface area contributed by atoms with Crippen LogP contribution in [0.2, 0.25) is 0 Å². The van der Waals surface area contributed by atoms with Gasteiger partial charge < -0.3 is 10.2 Å². The zero-order chi connectivity index (χ0) is 15.1. The highest BCUT2D eigenvalue weighted by Crippen LogP contribution is 2.08. The van der Waals surface area contributed by atoms with E-state index in [2.05, 4.69) is 10.3 Å². The molecule has 0 spiro atoms. The Morgan fingerprint density at radius 3 is 2.38 bits per heavy atom. The fourth-order valence-corrected chi connectivity index (χ4v) is 2.05. The van der Waals surface area contributed by atoms with Gasteiger partial charge in [-0.3, -0.25) is 4.98 Å². The molecule has 1 aromatic heterocycles. The molecular formula is C17H21N3O. The first-order chi connectivity index (χ1) is 10.2. The smallest absolute Gasteiger partial charge is 0.318 e. The highest BCUT2D eigenvalue weighted by atomic mass is 16.2. The van der Waals surface area contributed by atoms with E-state index in [1.807, 2.05) is 61.2 Å². The summed E-state index contributed by atoms with van der Waals surface area (Å²) < 4.78 is 0. The third kappa shape index (κ3) is 4.60. The number of urea groups is 1. The summed E-state index contributed by atoms with van der Waals surface area (Å²) in [7, 11) is 0. The Bertz CT molecular complexity index is 555. The molecule has 21 heavy (non-hydrogen) atoms. The van der Waals surface area contributed by atoms with Crippen LogP contribution in [0, 0.1) is 0 Å². The number of nitrogens with one attached hydrogen (secondary N) is 1. The number of aromatic nitrogens is 1. The predicted octanol–water partition coefficient (Wildman–Crippen LogP) is 3.20. The molecule has 0 aliphatic rings. The summed E-state index contributed by atoms with van der Waals surface area (Å²) in [5.74, 6) is 0. The van der Waals surface area contributed by atoms with E-state index in [1.165, 1.54) is 0 Å². The number of rotatable bonds is 5. The summed E-state index contributed by atoms with van der Waals surface area (Å²) in [5, 5.41) is 2.96. The lowest BCUT2D eigenvalue weighted by molar-refractivity contribution is 0.179. The molecule has 0 aliphatic carbocycles. The highest BCUT2D eigenvalue weighted by molar-refractivity contribution is 5.74. The molecule has 0 bridgehead atoms. The van der Waals surface area contributed by atoms with Crippen LogP contribution in [0.3, 0.4) is 0 Å². The second kappa shape index (κ2) is 7.43. The summed E-state index contributed by atoms with van der Waals surface area (Å²) >= 11 is 0. The maximum absolute atomic E-state index is 12.4. The van der Waals surface area contributed by atoms with Gasteiger partial charge in [0.15, 0.2) is 0 Å². The minimum atomic E-state index is -0.0503. The van der Waals surface area contributed by atoms with E-state index < -0.39 is 0 Å². The monoisotopic (exact) mass is 283 g/mol. The number of pyridine rings is 1. The lowest BCUT2D eigenvalue weighted by Crippen LogP contribution is -2.43. The van der Waals surface area contributed by atoms with Crippen molar-refractivity contribution in [3.63, 3.8) is 0 Å². The SMILES string of the molecule is CC(C)N(Cc1ccccc1)C(=O)NCc1ccncc1. The normalized spacial score (nSPS) is 10.4. The molecule has 4 heteroatoms. The number of carbonyl (C=O) groups is 1. The zero-order valence-corrected chi connectivity index (χ0v) is 12.5. The van der Waals surface area contributed by atoms with Gasteiger partial charge in [-0.2, -0.15) is 0 Å². The number of hydrogen-bond acceptors (Lipinski definition) is 2. The lowest BCUT2D eigenvalue weighted by Gasteiger charge is -2.27. The van der Waals surface area contributed by atoms with Gasteiger partial charge in [-0.05, 0) is 37.1 Å². The average Bonchev–Trinajstić information content (AvgIpc) is 2.52. The summed E-state index contributed by atoms with van der Waals surface area (Å²) in [6.07, 6.45) is 3.46. The van der Waals surface area contributed by atoms with Crippen LogP contribution in [0.5, 0.6) is 0 Å².